The van der Waals surface area contributed by atoms with E-state index in [1.807, 2.05) is 30.3 Å². The summed E-state index contributed by atoms with van der Waals surface area (Å²) in [7, 11) is 0. The molecule has 2 rings (SSSR count). The Hall–Kier alpha value is -2.63. The average molecular weight is 274 g/mol. The zero-order valence-corrected chi connectivity index (χ0v) is 11.0. The van der Waals surface area contributed by atoms with E-state index in [0.29, 0.717) is 0 Å². The first-order valence-corrected chi connectivity index (χ1v) is 6.13. The van der Waals surface area contributed by atoms with Crippen LogP contribution in [0.25, 0.3) is 5.69 Å². The third kappa shape index (κ3) is 3.44. The summed E-state index contributed by atoms with van der Waals surface area (Å²) in [5.74, 6) is -1.18. The van der Waals surface area contributed by atoms with Gasteiger partial charge in [0.1, 0.15) is 0 Å². The van der Waals surface area contributed by atoms with Crippen molar-refractivity contribution < 1.29 is 19.1 Å². The van der Waals surface area contributed by atoms with Crippen LogP contribution in [0.5, 0.6) is 0 Å². The van der Waals surface area contributed by atoms with Gasteiger partial charge in [0.15, 0.2) is 6.61 Å². The molecular formula is C14H14N2O4. The summed E-state index contributed by atoms with van der Waals surface area (Å²) in [6, 6.07) is 9.36. The normalized spacial score (nSPS) is 10.1. The van der Waals surface area contributed by atoms with Crippen molar-refractivity contribution in [2.45, 2.75) is 6.92 Å². The summed E-state index contributed by atoms with van der Waals surface area (Å²) >= 11 is 0. The van der Waals surface area contributed by atoms with Gasteiger partial charge >= 0.3 is 11.9 Å². The standard InChI is InChI=1S/C14H14N2O4/c1-2-19-13(17)10-20-14(18)11-8-15-16(9-11)12-6-4-3-5-7-12/h3-9H,2,10H2,1H3. The van der Waals surface area contributed by atoms with Gasteiger partial charge in [-0.1, -0.05) is 18.2 Å². The molecule has 1 heterocycles. The number of aromatic nitrogens is 2. The Bertz CT molecular complexity index is 592. The number of benzene rings is 1. The maximum Gasteiger partial charge on any atom is 0.344 e. The molecule has 1 aromatic carbocycles. The largest absolute Gasteiger partial charge is 0.463 e. The number of para-hydroxylation sites is 1. The van der Waals surface area contributed by atoms with Crippen LogP contribution in [-0.4, -0.2) is 34.9 Å². The van der Waals surface area contributed by atoms with Crippen LogP contribution >= 0.6 is 0 Å². The highest BCUT2D eigenvalue weighted by Gasteiger charge is 2.13. The number of ether oxygens (including phenoxy) is 2. The second-order valence-corrected chi connectivity index (χ2v) is 3.89. The van der Waals surface area contributed by atoms with Crippen molar-refractivity contribution in [2.75, 3.05) is 13.2 Å². The topological polar surface area (TPSA) is 70.4 Å². The van der Waals surface area contributed by atoms with Crippen molar-refractivity contribution in [1.29, 1.82) is 0 Å². The summed E-state index contributed by atoms with van der Waals surface area (Å²) in [4.78, 5) is 22.8. The van der Waals surface area contributed by atoms with E-state index in [4.69, 9.17) is 4.74 Å². The van der Waals surface area contributed by atoms with E-state index in [-0.39, 0.29) is 12.2 Å². The summed E-state index contributed by atoms with van der Waals surface area (Å²) in [5, 5.41) is 4.07. The van der Waals surface area contributed by atoms with Crippen LogP contribution in [0.15, 0.2) is 42.7 Å². The van der Waals surface area contributed by atoms with Crippen molar-refractivity contribution in [1.82, 2.24) is 9.78 Å². The molecule has 1 aromatic heterocycles. The Morgan fingerprint density at radius 3 is 2.65 bits per heavy atom. The molecule has 0 aliphatic carbocycles. The molecular weight excluding hydrogens is 260 g/mol. The predicted octanol–water partition coefficient (Wildman–Crippen LogP) is 1.59. The van der Waals surface area contributed by atoms with Gasteiger partial charge in [-0.15, -0.1) is 0 Å². The molecule has 0 spiro atoms. The number of hydrogen-bond acceptors (Lipinski definition) is 5. The zero-order chi connectivity index (χ0) is 14.4. The molecule has 104 valence electrons. The highest BCUT2D eigenvalue weighted by atomic mass is 16.6. The summed E-state index contributed by atoms with van der Waals surface area (Å²) < 4.78 is 11.0. The Labute approximate surface area is 115 Å². The molecule has 0 atom stereocenters. The molecule has 0 N–H and O–H groups in total. The Morgan fingerprint density at radius 1 is 1.20 bits per heavy atom. The third-order valence-electron chi connectivity index (χ3n) is 2.47. The molecule has 0 saturated heterocycles. The minimum atomic E-state index is -0.611. The fourth-order valence-electron chi connectivity index (χ4n) is 1.56. The minimum absolute atomic E-state index is 0.252. The number of rotatable bonds is 5. The fourth-order valence-corrected chi connectivity index (χ4v) is 1.56. The van der Waals surface area contributed by atoms with Crippen molar-refractivity contribution in [3.05, 3.63) is 48.3 Å². The first-order chi connectivity index (χ1) is 9.70. The second-order valence-electron chi connectivity index (χ2n) is 3.89. The van der Waals surface area contributed by atoms with Crippen LogP contribution < -0.4 is 0 Å². The number of carbonyl (C=O) groups excluding carboxylic acids is 2. The molecule has 0 bridgehead atoms. The molecule has 0 amide bonds. The van der Waals surface area contributed by atoms with Crippen molar-refractivity contribution in [3.8, 4) is 5.69 Å². The van der Waals surface area contributed by atoms with Crippen LogP contribution in [-0.2, 0) is 14.3 Å². The molecule has 0 unspecified atom stereocenters. The summed E-state index contributed by atoms with van der Waals surface area (Å²) in [6.45, 7) is 1.54. The van der Waals surface area contributed by atoms with Gasteiger partial charge in [0.05, 0.1) is 24.1 Å². The van der Waals surface area contributed by atoms with Crippen LogP contribution in [0.4, 0.5) is 0 Å². The molecule has 0 aliphatic rings. The van der Waals surface area contributed by atoms with Crippen LogP contribution in [0, 0.1) is 0 Å². The number of hydrogen-bond donors (Lipinski definition) is 0. The molecule has 0 fully saturated rings. The summed E-state index contributed by atoms with van der Waals surface area (Å²) in [6.07, 6.45) is 2.93. The summed E-state index contributed by atoms with van der Waals surface area (Å²) in [5.41, 5.74) is 1.11. The van der Waals surface area contributed by atoms with E-state index in [0.717, 1.165) is 5.69 Å². The molecule has 6 nitrogen and oxygen atoms in total. The van der Waals surface area contributed by atoms with Gasteiger partial charge < -0.3 is 9.47 Å². The lowest BCUT2D eigenvalue weighted by Crippen LogP contribution is -2.16. The lowest BCUT2D eigenvalue weighted by atomic mass is 10.3. The second kappa shape index (κ2) is 6.51. The maximum atomic E-state index is 11.7. The van der Waals surface area contributed by atoms with Crippen LogP contribution in [0.3, 0.4) is 0 Å². The van der Waals surface area contributed by atoms with Crippen molar-refractivity contribution >= 4 is 11.9 Å². The van der Waals surface area contributed by atoms with Crippen LogP contribution in [0.1, 0.15) is 17.3 Å². The smallest absolute Gasteiger partial charge is 0.344 e. The fraction of sp³-hybridized carbons (Fsp3) is 0.214. The zero-order valence-electron chi connectivity index (χ0n) is 11.0. The highest BCUT2D eigenvalue weighted by Crippen LogP contribution is 2.08. The SMILES string of the molecule is CCOC(=O)COC(=O)c1cnn(-c2ccccc2)c1. The highest BCUT2D eigenvalue weighted by molar-refractivity contribution is 5.90. The first kappa shape index (κ1) is 13.8. The molecule has 20 heavy (non-hydrogen) atoms. The van der Waals surface area contributed by atoms with Gasteiger partial charge in [-0.2, -0.15) is 5.10 Å². The average Bonchev–Trinajstić information content (AvgIpc) is 2.96. The van der Waals surface area contributed by atoms with Gasteiger partial charge in [-0.3, -0.25) is 0 Å². The van der Waals surface area contributed by atoms with Gasteiger partial charge in [0.25, 0.3) is 0 Å². The monoisotopic (exact) mass is 274 g/mol. The van der Waals surface area contributed by atoms with Gasteiger partial charge in [0.2, 0.25) is 0 Å². The van der Waals surface area contributed by atoms with E-state index in [1.165, 1.54) is 6.20 Å². The molecule has 0 aliphatic heterocycles. The number of nitrogens with zero attached hydrogens (tertiary/aromatic N) is 2. The van der Waals surface area contributed by atoms with Gasteiger partial charge in [-0.05, 0) is 19.1 Å². The van der Waals surface area contributed by atoms with E-state index >= 15 is 0 Å². The number of esters is 2. The molecule has 0 radical (unpaired) electrons. The Morgan fingerprint density at radius 2 is 1.95 bits per heavy atom. The Kier molecular flexibility index (Phi) is 4.49. The third-order valence-corrected chi connectivity index (χ3v) is 2.47. The van der Waals surface area contributed by atoms with Crippen LogP contribution in [0.2, 0.25) is 0 Å². The minimum Gasteiger partial charge on any atom is -0.463 e. The van der Waals surface area contributed by atoms with E-state index in [9.17, 15) is 9.59 Å². The first-order valence-electron chi connectivity index (χ1n) is 6.13. The van der Waals surface area contributed by atoms with E-state index < -0.39 is 18.5 Å². The lowest BCUT2D eigenvalue weighted by molar-refractivity contribution is -0.146. The molecule has 0 saturated carbocycles. The lowest BCUT2D eigenvalue weighted by Gasteiger charge is -2.02. The number of carbonyl (C=O) groups is 2. The quantitative estimate of drug-likeness (QED) is 0.774. The van der Waals surface area contributed by atoms with Crippen molar-refractivity contribution in [3.63, 3.8) is 0 Å². The molecule has 2 aromatic rings. The molecule has 6 heteroatoms. The van der Waals surface area contributed by atoms with E-state index in [2.05, 4.69) is 9.84 Å². The van der Waals surface area contributed by atoms with Gasteiger partial charge in [0, 0.05) is 6.20 Å². The predicted molar refractivity (Wildman–Crippen MR) is 70.5 cm³/mol. The van der Waals surface area contributed by atoms with Gasteiger partial charge in [-0.25, -0.2) is 14.3 Å². The Balaban J connectivity index is 1.98. The maximum absolute atomic E-state index is 11.7. The van der Waals surface area contributed by atoms with Crippen molar-refractivity contribution in [2.24, 2.45) is 0 Å². The van der Waals surface area contributed by atoms with E-state index in [1.54, 1.807) is 17.8 Å².